The van der Waals surface area contributed by atoms with Gasteiger partial charge in [-0.3, -0.25) is 14.4 Å². The Labute approximate surface area is 202 Å². The van der Waals surface area contributed by atoms with E-state index in [4.69, 9.17) is 32.7 Å². The van der Waals surface area contributed by atoms with Gasteiger partial charge in [-0.25, -0.2) is 0 Å². The third-order valence-corrected chi connectivity index (χ3v) is 8.06. The van der Waals surface area contributed by atoms with Crippen LogP contribution in [0.3, 0.4) is 0 Å². The van der Waals surface area contributed by atoms with Crippen molar-refractivity contribution in [1.82, 2.24) is 0 Å². The molecule has 0 unspecified atom stereocenters. The van der Waals surface area contributed by atoms with Crippen molar-refractivity contribution >= 4 is 40.9 Å². The van der Waals surface area contributed by atoms with Gasteiger partial charge in [0.25, 0.3) is 5.79 Å². The van der Waals surface area contributed by atoms with Crippen LogP contribution < -0.4 is 0 Å². The molecule has 2 aromatic rings. The number of halogens is 2. The summed E-state index contributed by atoms with van der Waals surface area (Å²) in [6.07, 6.45) is 3.56. The van der Waals surface area contributed by atoms with Gasteiger partial charge in [-0.1, -0.05) is 66.0 Å². The Balaban J connectivity index is 1.71. The Morgan fingerprint density at radius 2 is 1.15 bits per heavy atom. The highest BCUT2D eigenvalue weighted by Crippen LogP contribution is 2.60. The summed E-state index contributed by atoms with van der Waals surface area (Å²) in [6, 6.07) is 14.0. The maximum atomic E-state index is 14.0. The topological polar surface area (TPSA) is 69.7 Å². The molecule has 3 aliphatic rings. The Hall–Kier alpha value is -2.37. The SMILES string of the molecule is O=C1C[C@H](c2ccccc2Cl)C2(C(=O)OC3(CCCCC3)OC2=O)[C@H](c2ccccc2Cl)C1. The summed E-state index contributed by atoms with van der Waals surface area (Å²) in [5.41, 5.74) is -0.650. The van der Waals surface area contributed by atoms with Crippen LogP contribution in [0.5, 0.6) is 0 Å². The summed E-state index contributed by atoms with van der Waals surface area (Å²) in [6.45, 7) is 0. The Morgan fingerprint density at radius 1 is 0.697 bits per heavy atom. The number of hydrogen-bond donors (Lipinski definition) is 0. The van der Waals surface area contributed by atoms with Gasteiger partial charge in [-0.2, -0.15) is 0 Å². The first-order chi connectivity index (χ1) is 15.9. The predicted octanol–water partition coefficient (Wildman–Crippen LogP) is 5.97. The number of esters is 2. The lowest BCUT2D eigenvalue weighted by atomic mass is 9.55. The van der Waals surface area contributed by atoms with Crippen molar-refractivity contribution in [2.75, 3.05) is 0 Å². The van der Waals surface area contributed by atoms with Gasteiger partial charge in [0.2, 0.25) is 0 Å². The fourth-order valence-corrected chi connectivity index (χ4v) is 6.34. The first kappa shape index (κ1) is 22.4. The molecular weight excluding hydrogens is 463 g/mol. The molecule has 0 aromatic heterocycles. The smallest absolute Gasteiger partial charge is 0.328 e. The van der Waals surface area contributed by atoms with Crippen molar-refractivity contribution < 1.29 is 23.9 Å². The van der Waals surface area contributed by atoms with Crippen molar-refractivity contribution in [3.8, 4) is 0 Å². The lowest BCUT2D eigenvalue weighted by Crippen LogP contribution is -2.62. The minimum absolute atomic E-state index is 0.0120. The van der Waals surface area contributed by atoms with E-state index in [-0.39, 0.29) is 18.6 Å². The average Bonchev–Trinajstić information content (AvgIpc) is 2.79. The van der Waals surface area contributed by atoms with E-state index >= 15 is 0 Å². The minimum Gasteiger partial charge on any atom is -0.422 e. The highest BCUT2D eigenvalue weighted by molar-refractivity contribution is 6.32. The molecule has 2 aromatic carbocycles. The Morgan fingerprint density at radius 3 is 1.61 bits per heavy atom. The number of Topliss-reactive ketones (excluding diaryl/α,β-unsaturated/α-hetero) is 1. The van der Waals surface area contributed by atoms with E-state index in [1.165, 1.54) is 0 Å². The van der Waals surface area contributed by atoms with Gasteiger partial charge in [0, 0.05) is 47.6 Å². The van der Waals surface area contributed by atoms with Crippen molar-refractivity contribution in [1.29, 1.82) is 0 Å². The van der Waals surface area contributed by atoms with Crippen LogP contribution in [0.2, 0.25) is 10.0 Å². The molecule has 0 bridgehead atoms. The monoisotopic (exact) mass is 486 g/mol. The van der Waals surface area contributed by atoms with Gasteiger partial charge in [-0.15, -0.1) is 0 Å². The Kier molecular flexibility index (Phi) is 5.74. The fraction of sp³-hybridized carbons (Fsp3) is 0.423. The van der Waals surface area contributed by atoms with E-state index in [1.807, 2.05) is 0 Å². The van der Waals surface area contributed by atoms with Crippen LogP contribution in [0, 0.1) is 5.41 Å². The molecule has 0 N–H and O–H groups in total. The molecule has 2 saturated carbocycles. The number of benzene rings is 2. The number of hydrogen-bond acceptors (Lipinski definition) is 5. The second-order valence-electron chi connectivity index (χ2n) is 9.21. The molecule has 1 saturated heterocycles. The molecule has 2 atom stereocenters. The molecule has 3 fully saturated rings. The van der Waals surface area contributed by atoms with E-state index in [0.717, 1.165) is 19.3 Å². The maximum absolute atomic E-state index is 14.0. The van der Waals surface area contributed by atoms with Crippen molar-refractivity contribution in [3.05, 3.63) is 69.7 Å². The number of carbonyl (C=O) groups excluding carboxylic acids is 3. The summed E-state index contributed by atoms with van der Waals surface area (Å²) in [5.74, 6) is -4.25. The summed E-state index contributed by atoms with van der Waals surface area (Å²) >= 11 is 13.1. The van der Waals surface area contributed by atoms with Gasteiger partial charge in [0.1, 0.15) is 5.78 Å². The van der Waals surface area contributed by atoms with Crippen LogP contribution in [0.15, 0.2) is 48.5 Å². The van der Waals surface area contributed by atoms with Gasteiger partial charge < -0.3 is 9.47 Å². The molecule has 2 spiro atoms. The summed E-state index contributed by atoms with van der Waals surface area (Å²) in [4.78, 5) is 41.1. The highest BCUT2D eigenvalue weighted by atomic mass is 35.5. The molecule has 0 amide bonds. The second kappa shape index (κ2) is 8.44. The lowest BCUT2D eigenvalue weighted by molar-refractivity contribution is -0.275. The van der Waals surface area contributed by atoms with E-state index in [0.29, 0.717) is 34.0 Å². The van der Waals surface area contributed by atoms with Crippen molar-refractivity contribution in [2.24, 2.45) is 5.41 Å². The molecule has 1 aliphatic heterocycles. The number of rotatable bonds is 2. The molecule has 7 heteroatoms. The molecule has 2 aliphatic carbocycles. The third kappa shape index (κ3) is 3.57. The quantitative estimate of drug-likeness (QED) is 0.386. The highest BCUT2D eigenvalue weighted by Gasteiger charge is 2.68. The van der Waals surface area contributed by atoms with Gasteiger partial charge in [-0.05, 0) is 36.1 Å². The van der Waals surface area contributed by atoms with Crippen LogP contribution >= 0.6 is 23.2 Å². The standard InChI is InChI=1S/C26H24Cl2O5/c27-21-10-4-2-8-17(21)19-14-16(29)15-20(18-9-3-5-11-22(18)28)26(19)23(30)32-25(33-24(26)31)12-6-1-7-13-25/h2-5,8-11,19-20H,1,6-7,12-15H2/t19-,20+. The average molecular weight is 487 g/mol. The molecule has 0 radical (unpaired) electrons. The van der Waals surface area contributed by atoms with E-state index in [1.54, 1.807) is 48.5 Å². The minimum atomic E-state index is -1.76. The van der Waals surface area contributed by atoms with Gasteiger partial charge >= 0.3 is 11.9 Å². The molecule has 5 nitrogen and oxygen atoms in total. The molecule has 5 rings (SSSR count). The molecule has 172 valence electrons. The molecule has 1 heterocycles. The first-order valence-electron chi connectivity index (χ1n) is 11.3. The largest absolute Gasteiger partial charge is 0.422 e. The van der Waals surface area contributed by atoms with Crippen molar-refractivity contribution in [2.45, 2.75) is 62.6 Å². The van der Waals surface area contributed by atoms with Crippen LogP contribution in [-0.2, 0) is 23.9 Å². The zero-order valence-corrected chi connectivity index (χ0v) is 19.5. The number of carbonyl (C=O) groups is 3. The molecular formula is C26H24Cl2O5. The van der Waals surface area contributed by atoms with Crippen LogP contribution in [0.25, 0.3) is 0 Å². The van der Waals surface area contributed by atoms with Crippen LogP contribution in [-0.4, -0.2) is 23.5 Å². The van der Waals surface area contributed by atoms with Gasteiger partial charge in [0.15, 0.2) is 5.41 Å². The van der Waals surface area contributed by atoms with Crippen molar-refractivity contribution in [3.63, 3.8) is 0 Å². The van der Waals surface area contributed by atoms with E-state index < -0.39 is 35.0 Å². The zero-order valence-electron chi connectivity index (χ0n) is 18.0. The van der Waals surface area contributed by atoms with Gasteiger partial charge in [0.05, 0.1) is 0 Å². The number of ketones is 1. The normalized spacial score (nSPS) is 26.2. The van der Waals surface area contributed by atoms with E-state index in [9.17, 15) is 14.4 Å². The van der Waals surface area contributed by atoms with Crippen LogP contribution in [0.4, 0.5) is 0 Å². The maximum Gasteiger partial charge on any atom is 0.328 e. The lowest BCUT2D eigenvalue weighted by Gasteiger charge is -2.52. The Bertz CT molecular complexity index is 1040. The van der Waals surface area contributed by atoms with E-state index in [2.05, 4.69) is 0 Å². The summed E-state index contributed by atoms with van der Waals surface area (Å²) in [5, 5.41) is 0.765. The molecule has 33 heavy (non-hydrogen) atoms. The zero-order chi connectivity index (χ0) is 23.2. The van der Waals surface area contributed by atoms with Crippen LogP contribution in [0.1, 0.15) is 67.9 Å². The fourth-order valence-electron chi connectivity index (χ4n) is 5.80. The summed E-state index contributed by atoms with van der Waals surface area (Å²) < 4.78 is 12.0. The third-order valence-electron chi connectivity index (χ3n) is 7.37. The number of ether oxygens (including phenoxy) is 2. The second-order valence-corrected chi connectivity index (χ2v) is 10.0. The first-order valence-corrected chi connectivity index (χ1v) is 12.1. The predicted molar refractivity (Wildman–Crippen MR) is 123 cm³/mol. The summed E-state index contributed by atoms with van der Waals surface area (Å²) in [7, 11) is 0.